The predicted molar refractivity (Wildman–Crippen MR) is 95.6 cm³/mol. The Hall–Kier alpha value is -2.04. The molecule has 0 bridgehead atoms. The van der Waals surface area contributed by atoms with Gasteiger partial charge in [0.05, 0.1) is 5.41 Å². The summed E-state index contributed by atoms with van der Waals surface area (Å²) in [6.07, 6.45) is 2.58. The van der Waals surface area contributed by atoms with E-state index in [2.05, 4.69) is 10.6 Å². The van der Waals surface area contributed by atoms with Gasteiger partial charge in [0.1, 0.15) is 0 Å². The SMILES string of the molecule is CCCNC(=O)N1CCC[C@@](C)(C(=O)NCc2ccc(C)cc2)C1. The minimum absolute atomic E-state index is 0.0241. The average Bonchev–Trinajstić information content (AvgIpc) is 2.58. The van der Waals surface area contributed by atoms with Crippen molar-refractivity contribution in [3.05, 3.63) is 35.4 Å². The standard InChI is InChI=1S/C19H29N3O2/c1-4-11-20-18(24)22-12-5-10-19(3,14-22)17(23)21-13-16-8-6-15(2)7-9-16/h6-9H,4-5,10-14H2,1-3H3,(H,20,24)(H,21,23)/t19-/m1/s1. The fraction of sp³-hybridized carbons (Fsp3) is 0.579. The predicted octanol–water partition coefficient (Wildman–Crippen LogP) is 2.83. The van der Waals surface area contributed by atoms with Crippen molar-refractivity contribution >= 4 is 11.9 Å². The molecule has 1 aliphatic heterocycles. The first-order valence-corrected chi connectivity index (χ1v) is 8.81. The van der Waals surface area contributed by atoms with Gasteiger partial charge in [-0.1, -0.05) is 36.8 Å². The van der Waals surface area contributed by atoms with E-state index in [0.29, 0.717) is 19.6 Å². The Labute approximate surface area is 144 Å². The number of urea groups is 1. The molecule has 2 N–H and O–H groups in total. The molecular weight excluding hydrogens is 302 g/mol. The normalized spacial score (nSPS) is 20.5. The summed E-state index contributed by atoms with van der Waals surface area (Å²) in [5, 5.41) is 5.93. The van der Waals surface area contributed by atoms with Crippen LogP contribution in [0.5, 0.6) is 0 Å². The highest BCUT2D eigenvalue weighted by Gasteiger charge is 2.39. The van der Waals surface area contributed by atoms with Gasteiger partial charge in [0.15, 0.2) is 0 Å². The van der Waals surface area contributed by atoms with E-state index in [9.17, 15) is 9.59 Å². The van der Waals surface area contributed by atoms with Crippen LogP contribution in [0.15, 0.2) is 24.3 Å². The van der Waals surface area contributed by atoms with Crippen LogP contribution >= 0.6 is 0 Å². The molecule has 1 fully saturated rings. The van der Waals surface area contributed by atoms with Crippen molar-refractivity contribution in [1.82, 2.24) is 15.5 Å². The van der Waals surface area contributed by atoms with Gasteiger partial charge in [-0.05, 0) is 38.7 Å². The van der Waals surface area contributed by atoms with E-state index in [1.165, 1.54) is 5.56 Å². The summed E-state index contributed by atoms with van der Waals surface area (Å²) >= 11 is 0. The Morgan fingerprint density at radius 2 is 1.92 bits per heavy atom. The third-order valence-corrected chi connectivity index (χ3v) is 4.63. The molecule has 1 aliphatic rings. The van der Waals surface area contributed by atoms with E-state index < -0.39 is 5.41 Å². The molecule has 1 saturated heterocycles. The maximum Gasteiger partial charge on any atom is 0.317 e. The topological polar surface area (TPSA) is 61.4 Å². The molecule has 1 heterocycles. The Kier molecular flexibility index (Phi) is 6.23. The molecule has 0 saturated carbocycles. The van der Waals surface area contributed by atoms with Crippen molar-refractivity contribution in [2.45, 2.75) is 46.6 Å². The highest BCUT2D eigenvalue weighted by molar-refractivity contribution is 5.84. The van der Waals surface area contributed by atoms with Crippen molar-refractivity contribution in [3.63, 3.8) is 0 Å². The number of piperidine rings is 1. The van der Waals surface area contributed by atoms with E-state index in [4.69, 9.17) is 0 Å². The minimum atomic E-state index is -0.521. The number of hydrogen-bond donors (Lipinski definition) is 2. The molecule has 0 spiro atoms. The number of nitrogens with one attached hydrogen (secondary N) is 2. The van der Waals surface area contributed by atoms with Crippen LogP contribution < -0.4 is 10.6 Å². The summed E-state index contributed by atoms with van der Waals surface area (Å²) in [4.78, 5) is 26.6. The molecule has 2 rings (SSSR count). The third kappa shape index (κ3) is 4.73. The molecule has 1 atom stereocenters. The highest BCUT2D eigenvalue weighted by atomic mass is 16.2. The quantitative estimate of drug-likeness (QED) is 0.871. The molecular formula is C19H29N3O2. The molecule has 3 amide bonds. The zero-order chi connectivity index (χ0) is 17.6. The van der Waals surface area contributed by atoms with Crippen LogP contribution in [-0.4, -0.2) is 36.5 Å². The van der Waals surface area contributed by atoms with Gasteiger partial charge in [-0.2, -0.15) is 0 Å². The summed E-state index contributed by atoms with van der Waals surface area (Å²) in [5.41, 5.74) is 1.77. The average molecular weight is 331 g/mol. The summed E-state index contributed by atoms with van der Waals surface area (Å²) in [7, 11) is 0. The zero-order valence-corrected chi connectivity index (χ0v) is 15.0. The van der Waals surface area contributed by atoms with Gasteiger partial charge in [-0.3, -0.25) is 4.79 Å². The fourth-order valence-corrected chi connectivity index (χ4v) is 3.04. The Balaban J connectivity index is 1.91. The number of likely N-dealkylation sites (tertiary alicyclic amines) is 1. The van der Waals surface area contributed by atoms with Crippen LogP contribution in [0.25, 0.3) is 0 Å². The van der Waals surface area contributed by atoms with Crippen molar-refractivity contribution < 1.29 is 9.59 Å². The second kappa shape index (κ2) is 8.18. The van der Waals surface area contributed by atoms with Crippen LogP contribution in [-0.2, 0) is 11.3 Å². The van der Waals surface area contributed by atoms with E-state index >= 15 is 0 Å². The third-order valence-electron chi connectivity index (χ3n) is 4.63. The van der Waals surface area contributed by atoms with E-state index in [0.717, 1.165) is 31.4 Å². The number of hydrogen-bond acceptors (Lipinski definition) is 2. The molecule has 0 aromatic heterocycles. The number of benzene rings is 1. The number of rotatable bonds is 5. The van der Waals surface area contributed by atoms with Crippen molar-refractivity contribution in [2.24, 2.45) is 5.41 Å². The molecule has 0 unspecified atom stereocenters. The van der Waals surface area contributed by atoms with Crippen LogP contribution in [0.1, 0.15) is 44.2 Å². The smallest absolute Gasteiger partial charge is 0.317 e. The summed E-state index contributed by atoms with van der Waals surface area (Å²) in [6.45, 7) is 8.42. The van der Waals surface area contributed by atoms with Crippen molar-refractivity contribution in [3.8, 4) is 0 Å². The highest BCUT2D eigenvalue weighted by Crippen LogP contribution is 2.29. The van der Waals surface area contributed by atoms with Gasteiger partial charge in [0.2, 0.25) is 5.91 Å². The molecule has 132 valence electrons. The van der Waals surface area contributed by atoms with E-state index in [1.807, 2.05) is 45.0 Å². The molecule has 1 aromatic carbocycles. The second-order valence-corrected chi connectivity index (χ2v) is 6.99. The lowest BCUT2D eigenvalue weighted by atomic mass is 9.81. The molecule has 0 aliphatic carbocycles. The molecule has 0 radical (unpaired) electrons. The number of amides is 3. The van der Waals surface area contributed by atoms with Crippen LogP contribution in [0.3, 0.4) is 0 Å². The summed E-state index contributed by atoms with van der Waals surface area (Å²) in [5.74, 6) is 0.0241. The lowest BCUT2D eigenvalue weighted by Gasteiger charge is -2.39. The van der Waals surface area contributed by atoms with Crippen LogP contribution in [0, 0.1) is 12.3 Å². The van der Waals surface area contributed by atoms with E-state index in [1.54, 1.807) is 4.90 Å². The first kappa shape index (κ1) is 18.3. The van der Waals surface area contributed by atoms with Gasteiger partial charge in [-0.25, -0.2) is 4.79 Å². The summed E-state index contributed by atoms with van der Waals surface area (Å²) in [6, 6.07) is 8.09. The fourth-order valence-electron chi connectivity index (χ4n) is 3.04. The molecule has 24 heavy (non-hydrogen) atoms. The van der Waals surface area contributed by atoms with Gasteiger partial charge in [0, 0.05) is 26.2 Å². The first-order valence-electron chi connectivity index (χ1n) is 8.81. The van der Waals surface area contributed by atoms with Crippen molar-refractivity contribution in [1.29, 1.82) is 0 Å². The maximum absolute atomic E-state index is 12.7. The Morgan fingerprint density at radius 3 is 2.58 bits per heavy atom. The minimum Gasteiger partial charge on any atom is -0.351 e. The Morgan fingerprint density at radius 1 is 1.21 bits per heavy atom. The first-order chi connectivity index (χ1) is 11.4. The van der Waals surface area contributed by atoms with Gasteiger partial charge >= 0.3 is 6.03 Å². The number of aryl methyl sites for hydroxylation is 1. The van der Waals surface area contributed by atoms with Crippen LogP contribution in [0.4, 0.5) is 4.79 Å². The van der Waals surface area contributed by atoms with Crippen LogP contribution in [0.2, 0.25) is 0 Å². The maximum atomic E-state index is 12.7. The molecule has 1 aromatic rings. The number of carbonyl (C=O) groups is 2. The lowest BCUT2D eigenvalue weighted by Crippen LogP contribution is -2.54. The van der Waals surface area contributed by atoms with Crippen molar-refractivity contribution in [2.75, 3.05) is 19.6 Å². The monoisotopic (exact) mass is 331 g/mol. The number of carbonyl (C=O) groups excluding carboxylic acids is 2. The van der Waals surface area contributed by atoms with Gasteiger partial charge in [0.25, 0.3) is 0 Å². The molecule has 5 heteroatoms. The Bertz CT molecular complexity index is 570. The summed E-state index contributed by atoms with van der Waals surface area (Å²) < 4.78 is 0. The van der Waals surface area contributed by atoms with Gasteiger partial charge < -0.3 is 15.5 Å². The van der Waals surface area contributed by atoms with Gasteiger partial charge in [-0.15, -0.1) is 0 Å². The molecule has 5 nitrogen and oxygen atoms in total. The zero-order valence-electron chi connectivity index (χ0n) is 15.0. The lowest BCUT2D eigenvalue weighted by molar-refractivity contribution is -0.132. The van der Waals surface area contributed by atoms with E-state index in [-0.39, 0.29) is 11.9 Å². The number of nitrogens with zero attached hydrogens (tertiary/aromatic N) is 1. The largest absolute Gasteiger partial charge is 0.351 e. The second-order valence-electron chi connectivity index (χ2n) is 6.99.